The number of hydrogen-bond donors (Lipinski definition) is 1. The summed E-state index contributed by atoms with van der Waals surface area (Å²) in [6, 6.07) is 13.5. The fraction of sp³-hybridized carbons (Fsp3) is 0.235. The van der Waals surface area contributed by atoms with Crippen molar-refractivity contribution in [3.63, 3.8) is 0 Å². The van der Waals surface area contributed by atoms with Gasteiger partial charge in [-0.2, -0.15) is 0 Å². The molecule has 3 rings (SSSR count). The van der Waals surface area contributed by atoms with Crippen LogP contribution in [0.25, 0.3) is 0 Å². The van der Waals surface area contributed by atoms with E-state index in [4.69, 9.17) is 4.74 Å². The zero-order chi connectivity index (χ0) is 15.0. The summed E-state index contributed by atoms with van der Waals surface area (Å²) in [4.78, 5) is 11.3. The van der Waals surface area contributed by atoms with E-state index >= 15 is 0 Å². The smallest absolute Gasteiger partial charge is 0.335 e. The molecular weight excluding hydrogens is 332 g/mol. The molecule has 1 atom stereocenters. The third-order valence-corrected chi connectivity index (χ3v) is 4.79. The molecule has 0 amide bonds. The van der Waals surface area contributed by atoms with Crippen LogP contribution in [-0.2, 0) is 5.41 Å². The number of halogens is 1. The number of carboxylic acid groups (broad SMARTS) is 1. The van der Waals surface area contributed by atoms with E-state index in [0.717, 1.165) is 23.3 Å². The van der Waals surface area contributed by atoms with Gasteiger partial charge < -0.3 is 9.84 Å². The van der Waals surface area contributed by atoms with Crippen LogP contribution in [-0.4, -0.2) is 17.7 Å². The Morgan fingerprint density at radius 2 is 2.05 bits per heavy atom. The molecule has 0 saturated heterocycles. The molecule has 1 unspecified atom stereocenters. The van der Waals surface area contributed by atoms with Gasteiger partial charge in [0.2, 0.25) is 0 Å². The van der Waals surface area contributed by atoms with E-state index in [-0.39, 0.29) is 11.0 Å². The van der Waals surface area contributed by atoms with Crippen LogP contribution in [0.15, 0.2) is 46.9 Å². The predicted octanol–water partition coefficient (Wildman–Crippen LogP) is 4.24. The van der Waals surface area contributed by atoms with Crippen LogP contribution >= 0.6 is 15.9 Å². The van der Waals surface area contributed by atoms with E-state index in [1.165, 1.54) is 0 Å². The van der Waals surface area contributed by atoms with Crippen molar-refractivity contribution < 1.29 is 14.6 Å². The van der Waals surface area contributed by atoms with Crippen molar-refractivity contribution >= 4 is 21.9 Å². The maximum Gasteiger partial charge on any atom is 0.335 e. The molecule has 2 aromatic carbocycles. The van der Waals surface area contributed by atoms with Gasteiger partial charge in [0.1, 0.15) is 12.4 Å². The first kappa shape index (κ1) is 14.1. The Balaban J connectivity index is 2.24. The SMILES string of the molecule is CCC1(c2ccccc2)COc2c(Br)cc(C(=O)O)cc21. The average molecular weight is 347 g/mol. The second-order valence-electron chi connectivity index (χ2n) is 5.23. The van der Waals surface area contributed by atoms with Crippen molar-refractivity contribution in [2.24, 2.45) is 0 Å². The third kappa shape index (κ3) is 2.14. The zero-order valence-electron chi connectivity index (χ0n) is 11.6. The maximum atomic E-state index is 11.3. The third-order valence-electron chi connectivity index (χ3n) is 4.20. The van der Waals surface area contributed by atoms with Crippen molar-refractivity contribution in [3.05, 3.63) is 63.6 Å². The first-order valence-electron chi connectivity index (χ1n) is 6.84. The molecule has 1 heterocycles. The fourth-order valence-electron chi connectivity index (χ4n) is 2.98. The predicted molar refractivity (Wildman–Crippen MR) is 84.1 cm³/mol. The van der Waals surface area contributed by atoms with E-state index in [1.54, 1.807) is 12.1 Å². The van der Waals surface area contributed by atoms with Gasteiger partial charge in [-0.3, -0.25) is 0 Å². The molecule has 0 spiro atoms. The topological polar surface area (TPSA) is 46.5 Å². The van der Waals surface area contributed by atoms with Crippen LogP contribution in [0.4, 0.5) is 0 Å². The van der Waals surface area contributed by atoms with E-state index in [1.807, 2.05) is 18.2 Å². The lowest BCUT2D eigenvalue weighted by Crippen LogP contribution is -2.28. The highest BCUT2D eigenvalue weighted by Gasteiger charge is 2.42. The summed E-state index contributed by atoms with van der Waals surface area (Å²) in [6.07, 6.45) is 0.847. The molecule has 0 radical (unpaired) electrons. The van der Waals surface area contributed by atoms with Crippen molar-refractivity contribution in [2.45, 2.75) is 18.8 Å². The molecule has 2 aromatic rings. The maximum absolute atomic E-state index is 11.3. The van der Waals surface area contributed by atoms with Gasteiger partial charge in [0.05, 0.1) is 15.5 Å². The Kier molecular flexibility index (Phi) is 3.49. The highest BCUT2D eigenvalue weighted by molar-refractivity contribution is 9.10. The standard InChI is InChI=1S/C17H15BrO3/c1-2-17(12-6-4-3-5-7-12)10-21-15-13(17)8-11(16(19)20)9-14(15)18/h3-9H,2,10H2,1H3,(H,19,20). The quantitative estimate of drug-likeness (QED) is 0.904. The molecule has 1 N–H and O–H groups in total. The largest absolute Gasteiger partial charge is 0.491 e. The molecule has 3 nitrogen and oxygen atoms in total. The Bertz CT molecular complexity index is 697. The minimum atomic E-state index is -0.927. The van der Waals surface area contributed by atoms with Crippen LogP contribution in [0, 0.1) is 0 Å². The fourth-order valence-corrected chi connectivity index (χ4v) is 3.56. The minimum Gasteiger partial charge on any atom is -0.491 e. The molecule has 0 saturated carbocycles. The number of aromatic carboxylic acids is 1. The molecule has 0 aromatic heterocycles. The molecule has 0 aliphatic carbocycles. The van der Waals surface area contributed by atoms with E-state index in [2.05, 4.69) is 35.0 Å². The van der Waals surface area contributed by atoms with Crippen molar-refractivity contribution in [1.82, 2.24) is 0 Å². The van der Waals surface area contributed by atoms with Gasteiger partial charge in [-0.1, -0.05) is 37.3 Å². The summed E-state index contributed by atoms with van der Waals surface area (Å²) in [5.74, 6) is -0.172. The van der Waals surface area contributed by atoms with Crippen LogP contribution in [0.3, 0.4) is 0 Å². The normalized spacial score (nSPS) is 19.9. The van der Waals surface area contributed by atoms with Crippen molar-refractivity contribution in [2.75, 3.05) is 6.61 Å². The summed E-state index contributed by atoms with van der Waals surface area (Å²) >= 11 is 3.43. The number of rotatable bonds is 3. The van der Waals surface area contributed by atoms with E-state index in [0.29, 0.717) is 11.1 Å². The Labute approximate surface area is 131 Å². The zero-order valence-corrected chi connectivity index (χ0v) is 13.2. The molecule has 1 aliphatic rings. The first-order chi connectivity index (χ1) is 10.1. The van der Waals surface area contributed by atoms with E-state index in [9.17, 15) is 9.90 Å². The molecule has 0 fully saturated rings. The van der Waals surface area contributed by atoms with Gasteiger partial charge in [0.25, 0.3) is 0 Å². The van der Waals surface area contributed by atoms with E-state index < -0.39 is 5.97 Å². The summed E-state index contributed by atoms with van der Waals surface area (Å²) in [5.41, 5.74) is 2.09. The van der Waals surface area contributed by atoms with Crippen molar-refractivity contribution in [3.8, 4) is 5.75 Å². The number of benzene rings is 2. The number of carboxylic acids is 1. The number of carbonyl (C=O) groups is 1. The van der Waals surface area contributed by atoms with Crippen LogP contribution in [0.5, 0.6) is 5.75 Å². The van der Waals surface area contributed by atoms with Crippen LogP contribution in [0.1, 0.15) is 34.8 Å². The number of ether oxygens (including phenoxy) is 1. The molecular formula is C17H15BrO3. The first-order valence-corrected chi connectivity index (χ1v) is 7.63. The molecule has 4 heteroatoms. The summed E-state index contributed by atoms with van der Waals surface area (Å²) < 4.78 is 6.58. The minimum absolute atomic E-state index is 0.278. The number of fused-ring (bicyclic) bond motifs is 1. The Morgan fingerprint density at radius 1 is 1.33 bits per heavy atom. The van der Waals surface area contributed by atoms with Gasteiger partial charge in [-0.15, -0.1) is 0 Å². The second-order valence-corrected chi connectivity index (χ2v) is 6.08. The molecule has 21 heavy (non-hydrogen) atoms. The lowest BCUT2D eigenvalue weighted by molar-refractivity contribution is 0.0696. The Morgan fingerprint density at radius 3 is 2.67 bits per heavy atom. The Hall–Kier alpha value is -1.81. The lowest BCUT2D eigenvalue weighted by Gasteiger charge is -2.27. The monoisotopic (exact) mass is 346 g/mol. The van der Waals surface area contributed by atoms with Crippen molar-refractivity contribution in [1.29, 1.82) is 0 Å². The molecule has 1 aliphatic heterocycles. The highest BCUT2D eigenvalue weighted by atomic mass is 79.9. The van der Waals surface area contributed by atoms with Crippen LogP contribution in [0.2, 0.25) is 0 Å². The van der Waals surface area contributed by atoms with Gasteiger partial charge in [-0.05, 0) is 40.0 Å². The van der Waals surface area contributed by atoms with Gasteiger partial charge in [-0.25, -0.2) is 4.79 Å². The van der Waals surface area contributed by atoms with Crippen LogP contribution < -0.4 is 4.74 Å². The number of hydrogen-bond acceptors (Lipinski definition) is 2. The highest BCUT2D eigenvalue weighted by Crippen LogP contribution is 2.49. The summed E-state index contributed by atoms with van der Waals surface area (Å²) in [5, 5.41) is 9.29. The summed E-state index contributed by atoms with van der Waals surface area (Å²) in [7, 11) is 0. The summed E-state index contributed by atoms with van der Waals surface area (Å²) in [6.45, 7) is 2.64. The second kappa shape index (κ2) is 5.19. The molecule has 108 valence electrons. The molecule has 0 bridgehead atoms. The lowest BCUT2D eigenvalue weighted by atomic mass is 9.74. The average Bonchev–Trinajstić information content (AvgIpc) is 2.88. The van der Waals surface area contributed by atoms with Gasteiger partial charge >= 0.3 is 5.97 Å². The van der Waals surface area contributed by atoms with Gasteiger partial charge in [0, 0.05) is 5.56 Å². The van der Waals surface area contributed by atoms with Gasteiger partial charge in [0.15, 0.2) is 0 Å².